The van der Waals surface area contributed by atoms with Gasteiger partial charge in [-0.25, -0.2) is 8.42 Å². The number of benzene rings is 1. The van der Waals surface area contributed by atoms with E-state index < -0.39 is 10.0 Å². The van der Waals surface area contributed by atoms with Crippen LogP contribution in [-0.4, -0.2) is 51.3 Å². The van der Waals surface area contributed by atoms with E-state index in [9.17, 15) is 18.0 Å². The number of sulfonamides is 1. The Morgan fingerprint density at radius 2 is 1.76 bits per heavy atom. The fourth-order valence-corrected chi connectivity index (χ4v) is 4.84. The van der Waals surface area contributed by atoms with E-state index in [1.165, 1.54) is 11.4 Å². The van der Waals surface area contributed by atoms with Gasteiger partial charge in [-0.15, -0.1) is 0 Å². The molecule has 0 saturated carbocycles. The molecule has 25 heavy (non-hydrogen) atoms. The maximum absolute atomic E-state index is 12.8. The third kappa shape index (κ3) is 3.55. The molecule has 2 heterocycles. The highest BCUT2D eigenvalue weighted by molar-refractivity contribution is 7.89. The minimum absolute atomic E-state index is 0.0699. The maximum atomic E-state index is 12.8. The first-order valence-electron chi connectivity index (χ1n) is 8.42. The van der Waals surface area contributed by atoms with Gasteiger partial charge in [-0.2, -0.15) is 4.31 Å². The molecule has 2 aliphatic rings. The zero-order chi connectivity index (χ0) is 18.0. The van der Waals surface area contributed by atoms with Gasteiger partial charge in [-0.3, -0.25) is 9.59 Å². The molecule has 0 unspecified atom stereocenters. The summed E-state index contributed by atoms with van der Waals surface area (Å²) in [4.78, 5) is 25.2. The number of esters is 1. The zero-order valence-electron chi connectivity index (χ0n) is 14.2. The minimum atomic E-state index is -3.59. The second-order valence-electron chi connectivity index (χ2n) is 6.34. The van der Waals surface area contributed by atoms with E-state index in [-0.39, 0.29) is 22.7 Å². The van der Waals surface area contributed by atoms with Crippen molar-refractivity contribution in [2.75, 3.05) is 31.6 Å². The van der Waals surface area contributed by atoms with Crippen molar-refractivity contribution in [2.24, 2.45) is 5.92 Å². The standard InChI is InChI=1S/C17H22N2O5S/c1-24-17(21)13-8-11-18(12-9-13)25(22,23)15-6-4-14(5-7-15)19-10-2-3-16(19)20/h4-7,13H,2-3,8-12H2,1H3. The number of carbonyl (C=O) groups is 2. The van der Waals surface area contributed by atoms with Gasteiger partial charge in [0.2, 0.25) is 15.9 Å². The topological polar surface area (TPSA) is 84.0 Å². The Kier molecular flexibility index (Phi) is 5.10. The summed E-state index contributed by atoms with van der Waals surface area (Å²) < 4.78 is 31.7. The second-order valence-corrected chi connectivity index (χ2v) is 8.28. The van der Waals surface area contributed by atoms with Crippen LogP contribution in [0.1, 0.15) is 25.7 Å². The van der Waals surface area contributed by atoms with Gasteiger partial charge >= 0.3 is 5.97 Å². The molecule has 0 aliphatic carbocycles. The first-order valence-corrected chi connectivity index (χ1v) is 9.86. The lowest BCUT2D eigenvalue weighted by Gasteiger charge is -2.30. The van der Waals surface area contributed by atoms with Crippen molar-refractivity contribution >= 4 is 27.6 Å². The lowest BCUT2D eigenvalue weighted by atomic mass is 9.99. The molecule has 7 nitrogen and oxygen atoms in total. The Hall–Kier alpha value is -1.93. The zero-order valence-corrected chi connectivity index (χ0v) is 15.0. The molecule has 2 fully saturated rings. The van der Waals surface area contributed by atoms with E-state index in [4.69, 9.17) is 4.74 Å². The molecule has 0 N–H and O–H groups in total. The lowest BCUT2D eigenvalue weighted by molar-refractivity contribution is -0.146. The Morgan fingerprint density at radius 3 is 2.28 bits per heavy atom. The number of piperidine rings is 1. The van der Waals surface area contributed by atoms with Crippen molar-refractivity contribution in [1.29, 1.82) is 0 Å². The lowest BCUT2D eigenvalue weighted by Crippen LogP contribution is -2.40. The third-order valence-electron chi connectivity index (χ3n) is 4.85. The molecule has 0 aromatic heterocycles. The summed E-state index contributed by atoms with van der Waals surface area (Å²) in [6.07, 6.45) is 2.29. The summed E-state index contributed by atoms with van der Waals surface area (Å²) >= 11 is 0. The Bertz CT molecular complexity index is 752. The molecule has 0 radical (unpaired) electrons. The highest BCUT2D eigenvalue weighted by Crippen LogP contribution is 2.27. The van der Waals surface area contributed by atoms with Crippen LogP contribution in [0, 0.1) is 5.92 Å². The number of nitrogens with zero attached hydrogens (tertiary/aromatic N) is 2. The molecule has 1 aromatic carbocycles. The number of amides is 1. The third-order valence-corrected chi connectivity index (χ3v) is 6.76. The number of anilines is 1. The van der Waals surface area contributed by atoms with Crippen LogP contribution in [0.4, 0.5) is 5.69 Å². The molecule has 0 spiro atoms. The average molecular weight is 366 g/mol. The summed E-state index contributed by atoms with van der Waals surface area (Å²) in [5, 5.41) is 0. The Morgan fingerprint density at radius 1 is 1.12 bits per heavy atom. The summed E-state index contributed by atoms with van der Waals surface area (Å²) in [7, 11) is -2.25. The molecule has 2 aliphatic heterocycles. The monoisotopic (exact) mass is 366 g/mol. The van der Waals surface area contributed by atoms with E-state index in [0.29, 0.717) is 38.9 Å². The van der Waals surface area contributed by atoms with Gasteiger partial charge in [0.05, 0.1) is 17.9 Å². The number of hydrogen-bond acceptors (Lipinski definition) is 5. The van der Waals surface area contributed by atoms with E-state index in [2.05, 4.69) is 0 Å². The molecular weight excluding hydrogens is 344 g/mol. The number of methoxy groups -OCH3 is 1. The SMILES string of the molecule is COC(=O)C1CCN(S(=O)(=O)c2ccc(N3CCCC3=O)cc2)CC1. The van der Waals surface area contributed by atoms with E-state index >= 15 is 0 Å². The molecule has 0 atom stereocenters. The van der Waals surface area contributed by atoms with Crippen LogP contribution in [0.15, 0.2) is 29.2 Å². The van der Waals surface area contributed by atoms with Crippen LogP contribution < -0.4 is 4.90 Å². The van der Waals surface area contributed by atoms with Gasteiger partial charge in [0.25, 0.3) is 0 Å². The molecule has 8 heteroatoms. The van der Waals surface area contributed by atoms with Crippen molar-refractivity contribution in [3.8, 4) is 0 Å². The summed E-state index contributed by atoms with van der Waals surface area (Å²) in [5.74, 6) is -0.447. The van der Waals surface area contributed by atoms with Crippen molar-refractivity contribution in [1.82, 2.24) is 4.31 Å². The maximum Gasteiger partial charge on any atom is 0.308 e. The van der Waals surface area contributed by atoms with E-state index in [0.717, 1.165) is 12.1 Å². The normalized spacial score (nSPS) is 20.0. The van der Waals surface area contributed by atoms with Gasteiger partial charge in [0.15, 0.2) is 0 Å². The van der Waals surface area contributed by atoms with Crippen molar-refractivity contribution in [3.05, 3.63) is 24.3 Å². The predicted octanol–water partition coefficient (Wildman–Crippen LogP) is 1.39. The fourth-order valence-electron chi connectivity index (χ4n) is 3.37. The van der Waals surface area contributed by atoms with Crippen LogP contribution in [0.5, 0.6) is 0 Å². The van der Waals surface area contributed by atoms with Gasteiger partial charge in [0.1, 0.15) is 0 Å². The molecule has 1 amide bonds. The molecule has 3 rings (SSSR count). The number of ether oxygens (including phenoxy) is 1. The van der Waals surface area contributed by atoms with Gasteiger partial charge in [-0.05, 0) is 43.5 Å². The fraction of sp³-hybridized carbons (Fsp3) is 0.529. The van der Waals surface area contributed by atoms with Crippen molar-refractivity contribution in [2.45, 2.75) is 30.6 Å². The molecule has 0 bridgehead atoms. The first kappa shape index (κ1) is 17.9. The second kappa shape index (κ2) is 7.13. The molecular formula is C17H22N2O5S. The molecule has 136 valence electrons. The highest BCUT2D eigenvalue weighted by Gasteiger charge is 2.32. The van der Waals surface area contributed by atoms with Crippen LogP contribution in [0.25, 0.3) is 0 Å². The van der Waals surface area contributed by atoms with Crippen molar-refractivity contribution < 1.29 is 22.7 Å². The van der Waals surface area contributed by atoms with Gasteiger partial charge < -0.3 is 9.64 Å². The van der Waals surface area contributed by atoms with Crippen LogP contribution in [0.3, 0.4) is 0 Å². The molecule has 2 saturated heterocycles. The summed E-state index contributed by atoms with van der Waals surface area (Å²) in [6, 6.07) is 6.44. The minimum Gasteiger partial charge on any atom is -0.469 e. The number of hydrogen-bond donors (Lipinski definition) is 0. The quantitative estimate of drug-likeness (QED) is 0.752. The number of carbonyl (C=O) groups excluding carboxylic acids is 2. The van der Waals surface area contributed by atoms with Gasteiger partial charge in [0, 0.05) is 31.7 Å². The summed E-state index contributed by atoms with van der Waals surface area (Å²) in [5.41, 5.74) is 0.728. The van der Waals surface area contributed by atoms with E-state index in [1.807, 2.05) is 0 Å². The van der Waals surface area contributed by atoms with Crippen LogP contribution in [-0.2, 0) is 24.3 Å². The largest absolute Gasteiger partial charge is 0.469 e. The van der Waals surface area contributed by atoms with E-state index in [1.54, 1.807) is 29.2 Å². The first-order chi connectivity index (χ1) is 11.9. The molecule has 1 aromatic rings. The predicted molar refractivity (Wildman–Crippen MR) is 91.5 cm³/mol. The Labute approximate surface area is 147 Å². The van der Waals surface area contributed by atoms with Crippen molar-refractivity contribution in [3.63, 3.8) is 0 Å². The Balaban J connectivity index is 1.70. The van der Waals surface area contributed by atoms with Gasteiger partial charge in [-0.1, -0.05) is 0 Å². The smallest absolute Gasteiger partial charge is 0.308 e. The summed E-state index contributed by atoms with van der Waals surface area (Å²) in [6.45, 7) is 1.27. The van der Waals surface area contributed by atoms with Crippen LogP contribution >= 0.6 is 0 Å². The van der Waals surface area contributed by atoms with Crippen LogP contribution in [0.2, 0.25) is 0 Å². The highest BCUT2D eigenvalue weighted by atomic mass is 32.2. The number of rotatable bonds is 4. The average Bonchev–Trinajstić information content (AvgIpc) is 3.07.